The van der Waals surface area contributed by atoms with E-state index in [-0.39, 0.29) is 12.1 Å². The molecule has 8 heteroatoms. The summed E-state index contributed by atoms with van der Waals surface area (Å²) in [5, 5.41) is 8.20. The summed E-state index contributed by atoms with van der Waals surface area (Å²) in [5.41, 5.74) is 1.70. The lowest BCUT2D eigenvalue weighted by Gasteiger charge is -2.15. The highest BCUT2D eigenvalue weighted by Crippen LogP contribution is 2.29. The lowest BCUT2D eigenvalue weighted by molar-refractivity contribution is -0.117. The number of rotatable bonds is 4. The van der Waals surface area contributed by atoms with Crippen LogP contribution in [0.15, 0.2) is 77.6 Å². The standard InChI is InChI=1S/C25H18N4O4/c1-15-18-9-2-3-10-19(18)23(31)28(27-15)14-22(30)26-16-7-6-8-17(13-16)29-24(32)20-11-4-5-12-21(20)25(29)33/h2-13H,14H2,1H3,(H,26,30). The second-order valence-electron chi connectivity index (χ2n) is 7.68. The summed E-state index contributed by atoms with van der Waals surface area (Å²) < 4.78 is 1.13. The molecule has 3 aromatic carbocycles. The predicted molar refractivity (Wildman–Crippen MR) is 123 cm³/mol. The van der Waals surface area contributed by atoms with Crippen LogP contribution in [0, 0.1) is 6.92 Å². The molecule has 1 aliphatic rings. The van der Waals surface area contributed by atoms with E-state index < -0.39 is 17.7 Å². The SMILES string of the molecule is Cc1nn(CC(=O)Nc2cccc(N3C(=O)c4ccccc4C3=O)c2)c(=O)c2ccccc12. The van der Waals surface area contributed by atoms with Crippen LogP contribution in [0.3, 0.4) is 0 Å². The summed E-state index contributed by atoms with van der Waals surface area (Å²) in [7, 11) is 0. The first-order chi connectivity index (χ1) is 15.9. The lowest BCUT2D eigenvalue weighted by Crippen LogP contribution is -2.31. The van der Waals surface area contributed by atoms with Crippen LogP contribution in [0.25, 0.3) is 10.8 Å². The number of anilines is 2. The van der Waals surface area contributed by atoms with Crippen molar-refractivity contribution < 1.29 is 14.4 Å². The maximum atomic E-state index is 12.7. The van der Waals surface area contributed by atoms with Gasteiger partial charge in [-0.2, -0.15) is 5.10 Å². The average molecular weight is 438 g/mol. The summed E-state index contributed by atoms with van der Waals surface area (Å²) in [4.78, 5) is 51.9. The Kier molecular flexibility index (Phi) is 4.82. The molecule has 0 aliphatic carbocycles. The number of nitrogens with one attached hydrogen (secondary N) is 1. The summed E-state index contributed by atoms with van der Waals surface area (Å²) in [5.74, 6) is -1.29. The van der Waals surface area contributed by atoms with Crippen molar-refractivity contribution in [1.82, 2.24) is 9.78 Å². The van der Waals surface area contributed by atoms with Crippen molar-refractivity contribution in [3.05, 3.63) is 100.0 Å². The van der Waals surface area contributed by atoms with E-state index in [9.17, 15) is 19.2 Å². The smallest absolute Gasteiger partial charge is 0.275 e. The van der Waals surface area contributed by atoms with Gasteiger partial charge in [-0.15, -0.1) is 0 Å². The van der Waals surface area contributed by atoms with Crippen molar-refractivity contribution in [3.8, 4) is 0 Å². The molecule has 0 saturated heterocycles. The monoisotopic (exact) mass is 438 g/mol. The number of aromatic nitrogens is 2. The molecule has 0 spiro atoms. The third-order valence-electron chi connectivity index (χ3n) is 5.53. The Morgan fingerprint density at radius 2 is 1.48 bits per heavy atom. The first kappa shape index (κ1) is 20.3. The van der Waals surface area contributed by atoms with Gasteiger partial charge in [-0.05, 0) is 43.3 Å². The number of hydrogen-bond acceptors (Lipinski definition) is 5. The Morgan fingerprint density at radius 1 is 0.848 bits per heavy atom. The molecule has 8 nitrogen and oxygen atoms in total. The van der Waals surface area contributed by atoms with E-state index in [1.54, 1.807) is 67.6 Å². The number of nitrogens with zero attached hydrogens (tertiary/aromatic N) is 3. The first-order valence-corrected chi connectivity index (χ1v) is 10.3. The van der Waals surface area contributed by atoms with Gasteiger partial charge in [0.1, 0.15) is 6.54 Å². The number of fused-ring (bicyclic) bond motifs is 2. The zero-order valence-corrected chi connectivity index (χ0v) is 17.6. The minimum atomic E-state index is -0.459. The molecule has 0 fully saturated rings. The molecule has 0 unspecified atom stereocenters. The number of benzene rings is 3. The number of carbonyl (C=O) groups is 3. The average Bonchev–Trinajstić information content (AvgIpc) is 3.07. The molecular formula is C25H18N4O4. The van der Waals surface area contributed by atoms with Crippen molar-refractivity contribution in [1.29, 1.82) is 0 Å². The van der Waals surface area contributed by atoms with Gasteiger partial charge in [0.15, 0.2) is 0 Å². The normalized spacial score (nSPS) is 12.8. The van der Waals surface area contributed by atoms with Gasteiger partial charge in [-0.25, -0.2) is 9.58 Å². The number of hydrogen-bond donors (Lipinski definition) is 1. The summed E-state index contributed by atoms with van der Waals surface area (Å²) in [6.45, 7) is 1.50. The third-order valence-corrected chi connectivity index (χ3v) is 5.53. The second-order valence-corrected chi connectivity index (χ2v) is 7.68. The predicted octanol–water partition coefficient (Wildman–Crippen LogP) is 3.14. The van der Waals surface area contributed by atoms with Gasteiger partial charge in [0.25, 0.3) is 17.4 Å². The highest BCUT2D eigenvalue weighted by Gasteiger charge is 2.36. The van der Waals surface area contributed by atoms with Crippen molar-refractivity contribution in [3.63, 3.8) is 0 Å². The van der Waals surface area contributed by atoms with Crippen LogP contribution >= 0.6 is 0 Å². The first-order valence-electron chi connectivity index (χ1n) is 10.3. The summed E-state index contributed by atoms with van der Waals surface area (Å²) in [6, 6.07) is 20.2. The number of carbonyl (C=O) groups excluding carboxylic acids is 3. The number of aryl methyl sites for hydroxylation is 1. The van der Waals surface area contributed by atoms with E-state index in [4.69, 9.17) is 0 Å². The quantitative estimate of drug-likeness (QED) is 0.493. The van der Waals surface area contributed by atoms with Crippen LogP contribution < -0.4 is 15.8 Å². The molecule has 5 rings (SSSR count). The second kappa shape index (κ2) is 7.83. The van der Waals surface area contributed by atoms with Crippen molar-refractivity contribution in [2.45, 2.75) is 13.5 Å². The van der Waals surface area contributed by atoms with Gasteiger partial charge in [-0.1, -0.05) is 36.4 Å². The van der Waals surface area contributed by atoms with Crippen LogP contribution in [-0.4, -0.2) is 27.5 Å². The van der Waals surface area contributed by atoms with Crippen molar-refractivity contribution in [2.75, 3.05) is 10.2 Å². The molecular weight excluding hydrogens is 420 g/mol. The van der Waals surface area contributed by atoms with Gasteiger partial charge in [0.2, 0.25) is 5.91 Å². The largest absolute Gasteiger partial charge is 0.324 e. The zero-order valence-electron chi connectivity index (χ0n) is 17.6. The molecule has 0 bridgehead atoms. The highest BCUT2D eigenvalue weighted by molar-refractivity contribution is 6.34. The molecule has 4 aromatic rings. The van der Waals surface area contributed by atoms with Crippen molar-refractivity contribution >= 4 is 39.9 Å². The molecule has 3 amide bonds. The van der Waals surface area contributed by atoms with Crippen LogP contribution in [0.2, 0.25) is 0 Å². The molecule has 1 aliphatic heterocycles. The van der Waals surface area contributed by atoms with Crippen LogP contribution in [0.4, 0.5) is 11.4 Å². The lowest BCUT2D eigenvalue weighted by atomic mass is 10.1. The Bertz CT molecular complexity index is 1490. The number of imide groups is 1. The molecule has 2 heterocycles. The molecule has 162 valence electrons. The van der Waals surface area contributed by atoms with E-state index in [1.807, 2.05) is 12.1 Å². The van der Waals surface area contributed by atoms with Gasteiger partial charge in [-0.3, -0.25) is 19.2 Å². The Balaban J connectivity index is 1.38. The molecule has 0 radical (unpaired) electrons. The van der Waals surface area contributed by atoms with Crippen LogP contribution in [0.1, 0.15) is 26.4 Å². The molecule has 0 saturated carbocycles. The Hall–Kier alpha value is -4.59. The maximum absolute atomic E-state index is 12.7. The van der Waals surface area contributed by atoms with Gasteiger partial charge >= 0.3 is 0 Å². The topological polar surface area (TPSA) is 101 Å². The molecule has 0 atom stereocenters. The van der Waals surface area contributed by atoms with E-state index >= 15 is 0 Å². The zero-order chi connectivity index (χ0) is 23.1. The summed E-state index contributed by atoms with van der Waals surface area (Å²) in [6.07, 6.45) is 0. The van der Waals surface area contributed by atoms with Gasteiger partial charge < -0.3 is 5.32 Å². The van der Waals surface area contributed by atoms with E-state index in [1.165, 1.54) is 0 Å². The van der Waals surface area contributed by atoms with E-state index in [2.05, 4.69) is 10.4 Å². The maximum Gasteiger partial charge on any atom is 0.275 e. The summed E-state index contributed by atoms with van der Waals surface area (Å²) >= 11 is 0. The van der Waals surface area contributed by atoms with Gasteiger partial charge in [0, 0.05) is 11.1 Å². The molecule has 1 aromatic heterocycles. The third kappa shape index (κ3) is 3.47. The minimum Gasteiger partial charge on any atom is -0.324 e. The fourth-order valence-electron chi connectivity index (χ4n) is 3.99. The van der Waals surface area contributed by atoms with Gasteiger partial charge in [0.05, 0.1) is 27.9 Å². The van der Waals surface area contributed by atoms with E-state index in [0.29, 0.717) is 33.6 Å². The fraction of sp³-hybridized carbons (Fsp3) is 0.0800. The van der Waals surface area contributed by atoms with Crippen LogP contribution in [0.5, 0.6) is 0 Å². The fourth-order valence-corrected chi connectivity index (χ4v) is 3.99. The minimum absolute atomic E-state index is 0.276. The van der Waals surface area contributed by atoms with Crippen molar-refractivity contribution in [2.24, 2.45) is 0 Å². The molecule has 1 N–H and O–H groups in total. The molecule has 33 heavy (non-hydrogen) atoms. The Morgan fingerprint density at radius 3 is 2.18 bits per heavy atom. The van der Waals surface area contributed by atoms with Crippen LogP contribution in [-0.2, 0) is 11.3 Å². The highest BCUT2D eigenvalue weighted by atomic mass is 16.2. The Labute approximate surface area is 188 Å². The number of amides is 3. The van der Waals surface area contributed by atoms with E-state index in [0.717, 1.165) is 15.0 Å².